The highest BCUT2D eigenvalue weighted by Gasteiger charge is 2.32. The maximum absolute atomic E-state index is 13.2. The maximum atomic E-state index is 13.2. The molecule has 8 heteroatoms. The average molecular weight is 541 g/mol. The van der Waals surface area contributed by atoms with Crippen molar-refractivity contribution < 1.29 is 23.0 Å². The summed E-state index contributed by atoms with van der Waals surface area (Å²) in [6.07, 6.45) is -1.10. The lowest BCUT2D eigenvalue weighted by molar-refractivity contribution is -0.137. The van der Waals surface area contributed by atoms with E-state index in [2.05, 4.69) is 40.1 Å². The molecule has 0 aliphatic heterocycles. The molecule has 1 aliphatic carbocycles. The number of hydrogen-bond donors (Lipinski definition) is 2. The van der Waals surface area contributed by atoms with Crippen LogP contribution in [0.3, 0.4) is 0 Å². The lowest BCUT2D eigenvalue weighted by atomic mass is 9.73. The van der Waals surface area contributed by atoms with E-state index in [9.17, 15) is 18.3 Å². The minimum absolute atomic E-state index is 0.118. The molecular formula is C26H32BrF3N2O2. The van der Waals surface area contributed by atoms with Gasteiger partial charge in [-0.2, -0.15) is 13.2 Å². The van der Waals surface area contributed by atoms with Crippen LogP contribution >= 0.6 is 15.9 Å². The summed E-state index contributed by atoms with van der Waals surface area (Å²) < 4.78 is 46.1. The van der Waals surface area contributed by atoms with Crippen molar-refractivity contribution in [2.45, 2.75) is 65.3 Å². The zero-order valence-corrected chi connectivity index (χ0v) is 21.8. The molecule has 1 heterocycles. The highest BCUT2D eigenvalue weighted by atomic mass is 79.9. The normalized spacial score (nSPS) is 18.1. The first-order chi connectivity index (χ1) is 15.8. The van der Waals surface area contributed by atoms with E-state index >= 15 is 0 Å². The topological polar surface area (TPSA) is 54.4 Å². The van der Waals surface area contributed by atoms with E-state index in [4.69, 9.17) is 4.74 Å². The Bertz CT molecular complexity index is 1070. The average Bonchev–Trinajstić information content (AvgIpc) is 2.75. The fraction of sp³-hybridized carbons (Fsp3) is 0.500. The number of pyridine rings is 1. The highest BCUT2D eigenvalue weighted by molar-refractivity contribution is 9.10. The molecule has 1 aromatic heterocycles. The number of nitrogens with zero attached hydrogens (tertiary/aromatic N) is 1. The van der Waals surface area contributed by atoms with E-state index in [1.54, 1.807) is 33.2 Å². The zero-order chi connectivity index (χ0) is 25.3. The molecule has 0 amide bonds. The van der Waals surface area contributed by atoms with Gasteiger partial charge in [0.1, 0.15) is 0 Å². The first kappa shape index (κ1) is 26.7. The monoisotopic (exact) mass is 540 g/mol. The molecule has 1 aromatic carbocycles. The number of hydrogen-bond acceptors (Lipinski definition) is 4. The Morgan fingerprint density at radius 2 is 1.94 bits per heavy atom. The van der Waals surface area contributed by atoms with E-state index < -0.39 is 23.9 Å². The van der Waals surface area contributed by atoms with Crippen LogP contribution in [-0.2, 0) is 6.18 Å². The molecule has 0 unspecified atom stereocenters. The van der Waals surface area contributed by atoms with Gasteiger partial charge >= 0.3 is 6.18 Å². The summed E-state index contributed by atoms with van der Waals surface area (Å²) >= 11 is 3.50. The largest absolute Gasteiger partial charge is 0.481 e. The molecule has 2 atom stereocenters. The summed E-state index contributed by atoms with van der Waals surface area (Å²) in [5.74, 6) is 0.558. The van der Waals surface area contributed by atoms with Crippen molar-refractivity contribution in [3.63, 3.8) is 0 Å². The molecule has 2 aromatic rings. The van der Waals surface area contributed by atoms with E-state index in [1.807, 2.05) is 6.07 Å². The Kier molecular flexibility index (Phi) is 8.15. The molecule has 0 saturated heterocycles. The minimum atomic E-state index is -4.46. The summed E-state index contributed by atoms with van der Waals surface area (Å²) in [4.78, 5) is 4.39. The molecule has 0 bridgehead atoms. The second-order valence-corrected chi connectivity index (χ2v) is 10.8. The van der Waals surface area contributed by atoms with Crippen molar-refractivity contribution in [3.05, 3.63) is 62.8 Å². The third kappa shape index (κ3) is 6.40. The predicted octanol–water partition coefficient (Wildman–Crippen LogP) is 6.86. The summed E-state index contributed by atoms with van der Waals surface area (Å²) in [6.45, 7) is 8.35. The molecule has 0 saturated carbocycles. The Balaban J connectivity index is 1.86. The summed E-state index contributed by atoms with van der Waals surface area (Å²) in [7, 11) is 1.60. The van der Waals surface area contributed by atoms with Gasteiger partial charge < -0.3 is 15.2 Å². The van der Waals surface area contributed by atoms with Gasteiger partial charge in [-0.3, -0.25) is 0 Å². The van der Waals surface area contributed by atoms with Crippen LogP contribution in [0.25, 0.3) is 5.57 Å². The van der Waals surface area contributed by atoms with Crippen LogP contribution in [0.4, 0.5) is 13.2 Å². The molecule has 4 nitrogen and oxygen atoms in total. The second kappa shape index (κ2) is 10.4. The second-order valence-electron chi connectivity index (χ2n) is 9.88. The summed E-state index contributed by atoms with van der Waals surface area (Å²) in [6, 6.07) is 5.27. The number of benzene rings is 1. The standard InChI is InChI=1S/C26H32BrF3N2O2/c1-15-8-17(10-19(9-15)26(28,29)30)23(33)16(2)31-13-18-12-25(3,4)7-6-21(18)22-11-20(27)14-32-24(22)34-5/h8-11,14,16,23,31,33H,6-7,12-13H2,1-5H3/t16-,23-/m0/s1. The number of allylic oxidation sites excluding steroid dienone is 1. The van der Waals surface area contributed by atoms with E-state index in [1.165, 1.54) is 5.57 Å². The van der Waals surface area contributed by atoms with Crippen molar-refractivity contribution in [3.8, 4) is 5.88 Å². The van der Waals surface area contributed by atoms with Crippen molar-refractivity contribution >= 4 is 21.5 Å². The Morgan fingerprint density at radius 3 is 2.59 bits per heavy atom. The van der Waals surface area contributed by atoms with Crippen LogP contribution in [0.2, 0.25) is 0 Å². The number of aliphatic hydroxyl groups excluding tert-OH is 1. The van der Waals surface area contributed by atoms with Crippen LogP contribution < -0.4 is 10.1 Å². The number of methoxy groups -OCH3 is 1. The Hall–Kier alpha value is -1.90. The number of aryl methyl sites for hydroxylation is 1. The van der Waals surface area contributed by atoms with Gasteiger partial charge in [0.15, 0.2) is 0 Å². The lowest BCUT2D eigenvalue weighted by Gasteiger charge is -2.34. The van der Waals surface area contributed by atoms with Crippen LogP contribution in [-0.4, -0.2) is 29.8 Å². The van der Waals surface area contributed by atoms with E-state index in [0.717, 1.165) is 47.0 Å². The van der Waals surface area contributed by atoms with Gasteiger partial charge in [-0.15, -0.1) is 0 Å². The number of alkyl halides is 3. The van der Waals surface area contributed by atoms with Crippen LogP contribution in [0.15, 0.2) is 40.5 Å². The number of halogens is 4. The van der Waals surface area contributed by atoms with Gasteiger partial charge in [-0.05, 0) is 83.8 Å². The molecule has 2 N–H and O–H groups in total. The van der Waals surface area contributed by atoms with E-state index in [-0.39, 0.29) is 11.0 Å². The molecule has 1 aliphatic rings. The number of aliphatic hydroxyl groups is 1. The van der Waals surface area contributed by atoms with Gasteiger partial charge in [0.2, 0.25) is 5.88 Å². The summed E-state index contributed by atoms with van der Waals surface area (Å²) in [5, 5.41) is 14.2. The summed E-state index contributed by atoms with van der Waals surface area (Å²) in [5.41, 5.74) is 3.37. The van der Waals surface area contributed by atoms with Gasteiger partial charge in [-0.1, -0.05) is 31.1 Å². The number of rotatable bonds is 7. The quantitative estimate of drug-likeness (QED) is 0.403. The number of nitrogens with one attached hydrogen (secondary N) is 1. The van der Waals surface area contributed by atoms with Gasteiger partial charge in [0.05, 0.1) is 18.8 Å². The van der Waals surface area contributed by atoms with Crippen LogP contribution in [0.1, 0.15) is 68.4 Å². The fourth-order valence-electron chi connectivity index (χ4n) is 4.54. The maximum Gasteiger partial charge on any atom is 0.416 e. The van der Waals surface area contributed by atoms with Gasteiger partial charge in [-0.25, -0.2) is 4.98 Å². The molecule has 0 spiro atoms. The molecule has 186 valence electrons. The Labute approximate surface area is 207 Å². The zero-order valence-electron chi connectivity index (χ0n) is 20.2. The van der Waals surface area contributed by atoms with Crippen LogP contribution in [0, 0.1) is 12.3 Å². The smallest absolute Gasteiger partial charge is 0.416 e. The van der Waals surface area contributed by atoms with Crippen molar-refractivity contribution in [1.82, 2.24) is 10.3 Å². The molecule has 0 radical (unpaired) electrons. The Morgan fingerprint density at radius 1 is 1.24 bits per heavy atom. The number of ether oxygens (including phenoxy) is 1. The minimum Gasteiger partial charge on any atom is -0.481 e. The first-order valence-corrected chi connectivity index (χ1v) is 12.1. The van der Waals surface area contributed by atoms with Crippen molar-refractivity contribution in [1.29, 1.82) is 0 Å². The molecule has 3 rings (SSSR count). The lowest BCUT2D eigenvalue weighted by Crippen LogP contribution is -2.35. The third-order valence-corrected chi connectivity index (χ3v) is 6.82. The molecule has 0 fully saturated rings. The molecular weight excluding hydrogens is 509 g/mol. The number of aromatic nitrogens is 1. The van der Waals surface area contributed by atoms with Crippen LogP contribution in [0.5, 0.6) is 5.88 Å². The van der Waals surface area contributed by atoms with Gasteiger partial charge in [0, 0.05) is 28.8 Å². The fourth-order valence-corrected chi connectivity index (χ4v) is 4.88. The van der Waals surface area contributed by atoms with E-state index in [0.29, 0.717) is 18.0 Å². The third-order valence-electron chi connectivity index (χ3n) is 6.39. The van der Waals surface area contributed by atoms with Crippen molar-refractivity contribution in [2.24, 2.45) is 5.41 Å². The van der Waals surface area contributed by atoms with Crippen molar-refractivity contribution in [2.75, 3.05) is 13.7 Å². The predicted molar refractivity (Wildman–Crippen MR) is 132 cm³/mol. The first-order valence-electron chi connectivity index (χ1n) is 11.3. The highest BCUT2D eigenvalue weighted by Crippen LogP contribution is 2.44. The molecule has 34 heavy (non-hydrogen) atoms. The SMILES string of the molecule is COc1ncc(Br)cc1C1=C(CN[C@@H](C)[C@H](O)c2cc(C)cc(C(F)(F)F)c2)CC(C)(C)CC1. The van der Waals surface area contributed by atoms with Gasteiger partial charge in [0.25, 0.3) is 0 Å².